The van der Waals surface area contributed by atoms with Gasteiger partial charge in [0.1, 0.15) is 5.69 Å². The van der Waals surface area contributed by atoms with Gasteiger partial charge in [-0.15, -0.1) is 0 Å². The third-order valence-electron chi connectivity index (χ3n) is 7.86. The quantitative estimate of drug-likeness (QED) is 0.172. The molecule has 0 radical (unpaired) electrons. The molecule has 0 spiro atoms. The van der Waals surface area contributed by atoms with Crippen molar-refractivity contribution in [3.8, 4) is 0 Å². The Morgan fingerprint density at radius 2 is 1.38 bits per heavy atom. The van der Waals surface area contributed by atoms with Gasteiger partial charge >= 0.3 is 0 Å². The summed E-state index contributed by atoms with van der Waals surface area (Å²) in [7, 11) is -1.28. The number of rotatable bonds is 5. The Labute approximate surface area is 225 Å². The minimum absolute atomic E-state index is 0.0203. The molecule has 2 aliphatic heterocycles. The van der Waals surface area contributed by atoms with Crippen molar-refractivity contribution < 1.29 is 13.7 Å². The molecule has 0 unspecified atom stereocenters. The van der Waals surface area contributed by atoms with Gasteiger partial charge in [-0.25, -0.2) is 8.78 Å². The summed E-state index contributed by atoms with van der Waals surface area (Å²) in [6.07, 6.45) is 1.55. The molecule has 2 fully saturated rings. The number of hydrogen-bond acceptors (Lipinski definition) is 4. The Morgan fingerprint density at radius 3 is 1.86 bits per heavy atom. The van der Waals surface area contributed by atoms with Crippen LogP contribution in [0.15, 0.2) is 65.1 Å². The van der Waals surface area contributed by atoms with E-state index in [0.717, 1.165) is 40.5 Å². The third-order valence-corrected chi connectivity index (χ3v) is 11.5. The minimum atomic E-state index is -1.28. The monoisotopic (exact) mass is 585 g/mol. The fraction of sp³-hybridized carbons (Fsp3) is 0.357. The van der Waals surface area contributed by atoms with Gasteiger partial charge in [0.15, 0.2) is 11.6 Å². The zero-order valence-corrected chi connectivity index (χ0v) is 23.5. The third kappa shape index (κ3) is 5.29. The molecule has 0 saturated carbocycles. The van der Waals surface area contributed by atoms with Crippen LogP contribution in [0.1, 0.15) is 36.1 Å². The first kappa shape index (κ1) is 25.8. The average Bonchev–Trinajstić information content (AvgIpc) is 3.30. The summed E-state index contributed by atoms with van der Waals surface area (Å²) in [4.78, 5) is 14.7. The molecule has 194 valence electrons. The number of nitro groups is 1. The van der Waals surface area contributed by atoms with Crippen molar-refractivity contribution in [3.05, 3.63) is 98.0 Å². The normalized spacial score (nSPS) is 21.3. The molecule has 3 aromatic carbocycles. The highest BCUT2D eigenvalue weighted by Gasteiger charge is 2.37. The van der Waals surface area contributed by atoms with Crippen LogP contribution >= 0.6 is 15.9 Å². The Hall–Kier alpha value is -2.78. The Morgan fingerprint density at radius 1 is 0.892 bits per heavy atom. The van der Waals surface area contributed by atoms with E-state index in [2.05, 4.69) is 33.9 Å². The van der Waals surface area contributed by atoms with Gasteiger partial charge in [-0.3, -0.25) is 10.1 Å². The van der Waals surface area contributed by atoms with Crippen LogP contribution < -0.4 is 9.80 Å². The van der Waals surface area contributed by atoms with Crippen molar-refractivity contribution in [1.29, 1.82) is 0 Å². The lowest BCUT2D eigenvalue weighted by Gasteiger charge is -2.38. The first-order valence-electron chi connectivity index (χ1n) is 12.7. The van der Waals surface area contributed by atoms with Crippen molar-refractivity contribution in [2.24, 2.45) is 0 Å². The number of benzene rings is 3. The molecule has 37 heavy (non-hydrogen) atoms. The van der Waals surface area contributed by atoms with Crippen LogP contribution in [0.4, 0.5) is 25.8 Å². The van der Waals surface area contributed by atoms with Crippen LogP contribution in [0.25, 0.3) is 0 Å². The molecular weight excluding hydrogens is 556 g/mol. The van der Waals surface area contributed by atoms with Crippen molar-refractivity contribution in [3.63, 3.8) is 0 Å². The van der Waals surface area contributed by atoms with Crippen LogP contribution in [-0.4, -0.2) is 26.1 Å². The van der Waals surface area contributed by atoms with Gasteiger partial charge in [-0.2, -0.15) is 0 Å². The van der Waals surface area contributed by atoms with Crippen LogP contribution in [0.3, 0.4) is 0 Å². The summed E-state index contributed by atoms with van der Waals surface area (Å²) in [6.45, 7) is 6.02. The SMILES string of the molecule is C[Si]1(C)CCN(c2c(F)cc(N3[C@@H](c4ccc(Br)cc4)CC[C@@H]3c3ccc([N+](=O)[O-])cc3)cc2F)CC1. The standard InChI is InChI=1S/C28H30BrF2N3O2Si/c1-37(2)15-13-32(14-16-37)28-24(30)17-23(18-25(28)31)33-26(19-3-7-21(29)8-4-19)11-12-27(33)20-5-9-22(10-6-20)34(35)36/h3-10,17-18,26-27H,11-16H2,1-2H3/t26-,27-/m1/s1. The van der Waals surface area contributed by atoms with Gasteiger partial charge in [0.2, 0.25) is 0 Å². The molecular formula is C28H30BrF2N3O2Si. The van der Waals surface area contributed by atoms with E-state index in [1.165, 1.54) is 24.3 Å². The maximum Gasteiger partial charge on any atom is 0.269 e. The largest absolute Gasteiger partial charge is 0.367 e. The molecule has 0 amide bonds. The number of nitrogens with zero attached hydrogens (tertiary/aromatic N) is 3. The molecule has 2 saturated heterocycles. The predicted molar refractivity (Wildman–Crippen MR) is 150 cm³/mol. The highest BCUT2D eigenvalue weighted by Crippen LogP contribution is 2.48. The number of anilines is 2. The van der Waals surface area contributed by atoms with E-state index in [1.54, 1.807) is 12.1 Å². The molecule has 0 aliphatic carbocycles. The summed E-state index contributed by atoms with van der Waals surface area (Å²) in [5, 5.41) is 11.2. The molecule has 2 atom stereocenters. The van der Waals surface area contributed by atoms with E-state index < -0.39 is 24.6 Å². The molecule has 2 heterocycles. The summed E-state index contributed by atoms with van der Waals surface area (Å²) in [5.74, 6) is -1.08. The molecule has 3 aromatic rings. The van der Waals surface area contributed by atoms with E-state index >= 15 is 8.78 Å². The molecule has 0 N–H and O–H groups in total. The zero-order chi connectivity index (χ0) is 26.3. The fourth-order valence-corrected chi connectivity index (χ4v) is 7.93. The highest BCUT2D eigenvalue weighted by atomic mass is 79.9. The van der Waals surface area contributed by atoms with Crippen LogP contribution in [0.5, 0.6) is 0 Å². The maximum absolute atomic E-state index is 15.6. The second-order valence-electron chi connectivity index (χ2n) is 10.8. The van der Waals surface area contributed by atoms with E-state index in [9.17, 15) is 10.1 Å². The van der Waals surface area contributed by atoms with Crippen LogP contribution in [-0.2, 0) is 0 Å². The van der Waals surface area contributed by atoms with Gasteiger partial charge in [-0.1, -0.05) is 53.3 Å². The fourth-order valence-electron chi connectivity index (χ4n) is 5.67. The highest BCUT2D eigenvalue weighted by molar-refractivity contribution is 9.10. The van der Waals surface area contributed by atoms with Gasteiger partial charge in [0.25, 0.3) is 5.69 Å². The topological polar surface area (TPSA) is 49.6 Å². The lowest BCUT2D eigenvalue weighted by Crippen LogP contribution is -2.43. The predicted octanol–water partition coefficient (Wildman–Crippen LogP) is 8.25. The number of non-ortho nitro benzene ring substituents is 1. The smallest absolute Gasteiger partial charge is 0.269 e. The van der Waals surface area contributed by atoms with Crippen LogP contribution in [0.2, 0.25) is 25.2 Å². The summed E-state index contributed by atoms with van der Waals surface area (Å²) in [5.41, 5.74) is 2.52. The lowest BCUT2D eigenvalue weighted by atomic mass is 10.0. The summed E-state index contributed by atoms with van der Waals surface area (Å²) in [6, 6.07) is 19.2. The van der Waals surface area contributed by atoms with Crippen molar-refractivity contribution in [1.82, 2.24) is 0 Å². The van der Waals surface area contributed by atoms with Gasteiger partial charge in [0.05, 0.1) is 25.1 Å². The Balaban J connectivity index is 1.53. The number of halogens is 3. The molecule has 0 bridgehead atoms. The van der Waals surface area contributed by atoms with E-state index in [0.29, 0.717) is 18.8 Å². The molecule has 5 nitrogen and oxygen atoms in total. The molecule has 2 aliphatic rings. The van der Waals surface area contributed by atoms with Gasteiger partial charge < -0.3 is 9.80 Å². The minimum Gasteiger partial charge on any atom is -0.367 e. The number of nitro benzene ring substituents is 1. The lowest BCUT2D eigenvalue weighted by molar-refractivity contribution is -0.384. The molecule has 0 aromatic heterocycles. The Bertz CT molecular complexity index is 1270. The zero-order valence-electron chi connectivity index (χ0n) is 21.0. The first-order chi connectivity index (χ1) is 17.6. The van der Waals surface area contributed by atoms with Gasteiger partial charge in [-0.05, 0) is 60.3 Å². The van der Waals surface area contributed by atoms with E-state index in [1.807, 2.05) is 29.2 Å². The maximum atomic E-state index is 15.6. The van der Waals surface area contributed by atoms with Crippen LogP contribution in [0, 0.1) is 21.7 Å². The second kappa shape index (κ2) is 10.2. The number of hydrogen-bond donors (Lipinski definition) is 0. The van der Waals surface area contributed by atoms with Crippen molar-refractivity contribution >= 4 is 41.1 Å². The molecule has 9 heteroatoms. The van der Waals surface area contributed by atoms with Crippen molar-refractivity contribution in [2.45, 2.75) is 50.1 Å². The van der Waals surface area contributed by atoms with Gasteiger partial charge in [0, 0.05) is 35.4 Å². The van der Waals surface area contributed by atoms with E-state index in [4.69, 9.17) is 0 Å². The van der Waals surface area contributed by atoms with E-state index in [-0.39, 0.29) is 23.5 Å². The second-order valence-corrected chi connectivity index (χ2v) is 17.1. The summed E-state index contributed by atoms with van der Waals surface area (Å²) < 4.78 is 32.2. The Kier molecular flexibility index (Phi) is 7.11. The summed E-state index contributed by atoms with van der Waals surface area (Å²) >= 11 is 3.48. The first-order valence-corrected chi connectivity index (χ1v) is 16.9. The van der Waals surface area contributed by atoms with Crippen molar-refractivity contribution in [2.75, 3.05) is 22.9 Å². The average molecular weight is 587 g/mol. The molecule has 5 rings (SSSR count).